The van der Waals surface area contributed by atoms with Crippen LogP contribution in [-0.4, -0.2) is 39.8 Å². The highest BCUT2D eigenvalue weighted by Crippen LogP contribution is 2.24. The van der Waals surface area contributed by atoms with Crippen molar-refractivity contribution in [1.82, 2.24) is 9.80 Å². The molecule has 2 aromatic rings. The van der Waals surface area contributed by atoms with E-state index in [9.17, 15) is 9.59 Å². The Morgan fingerprint density at radius 2 is 1.50 bits per heavy atom. The Bertz CT molecular complexity index is 839. The summed E-state index contributed by atoms with van der Waals surface area (Å²) in [6, 6.07) is 13.7. The van der Waals surface area contributed by atoms with Crippen molar-refractivity contribution >= 4 is 46.0 Å². The van der Waals surface area contributed by atoms with Crippen LogP contribution in [0.4, 0.5) is 0 Å². The molecule has 5 heteroatoms. The third kappa shape index (κ3) is 2.61. The van der Waals surface area contributed by atoms with E-state index in [0.29, 0.717) is 13.1 Å². The quantitative estimate of drug-likeness (QED) is 0.490. The van der Waals surface area contributed by atoms with Crippen LogP contribution in [0.2, 0.25) is 0 Å². The molecule has 2 amide bonds. The highest BCUT2D eigenvalue weighted by atomic mass is 32.1. The zero-order chi connectivity index (χ0) is 17.3. The van der Waals surface area contributed by atoms with Crippen LogP contribution in [0.1, 0.15) is 19.4 Å². The molecule has 0 bridgehead atoms. The summed E-state index contributed by atoms with van der Waals surface area (Å²) in [5.74, 6) is -0.657. The number of amides is 2. The fourth-order valence-corrected chi connectivity index (χ4v) is 3.34. The van der Waals surface area contributed by atoms with E-state index in [0.717, 1.165) is 16.3 Å². The summed E-state index contributed by atoms with van der Waals surface area (Å²) in [4.78, 5) is 28.3. The van der Waals surface area contributed by atoms with E-state index in [1.807, 2.05) is 56.3 Å². The first-order chi connectivity index (χ1) is 11.6. The molecule has 122 valence electrons. The van der Waals surface area contributed by atoms with E-state index in [-0.39, 0.29) is 22.5 Å². The highest BCUT2D eigenvalue weighted by Gasteiger charge is 2.37. The molecular formula is C19H18N2O2S. The average molecular weight is 338 g/mol. The molecule has 1 aliphatic heterocycles. The minimum absolute atomic E-state index is 0.156. The first-order valence-corrected chi connectivity index (χ1v) is 8.36. The largest absolute Gasteiger partial charge is 0.285 e. The van der Waals surface area contributed by atoms with Gasteiger partial charge in [-0.3, -0.25) is 19.4 Å². The van der Waals surface area contributed by atoms with Crippen molar-refractivity contribution in [2.24, 2.45) is 0 Å². The van der Waals surface area contributed by atoms with Crippen LogP contribution in [-0.2, 0) is 9.59 Å². The Labute approximate surface area is 146 Å². The summed E-state index contributed by atoms with van der Waals surface area (Å²) >= 11 is 5.28. The SMILES string of the molecule is CCN1C(=O)C(=Cc2cccc3ccccc23)C(=O)N(CC)C1=S. The summed E-state index contributed by atoms with van der Waals surface area (Å²) in [5.41, 5.74) is 1.01. The number of nitrogens with zero attached hydrogens (tertiary/aromatic N) is 2. The van der Waals surface area contributed by atoms with Crippen molar-refractivity contribution in [3.63, 3.8) is 0 Å². The average Bonchev–Trinajstić information content (AvgIpc) is 2.59. The van der Waals surface area contributed by atoms with Crippen LogP contribution >= 0.6 is 12.2 Å². The van der Waals surface area contributed by atoms with Gasteiger partial charge in [0.05, 0.1) is 0 Å². The standard InChI is InChI=1S/C19H18N2O2S/c1-3-20-17(22)16(18(23)21(4-2)19(20)24)12-14-10-7-9-13-8-5-6-11-15(13)14/h5-12H,3-4H2,1-2H3. The molecule has 0 saturated carbocycles. The molecule has 3 rings (SSSR count). The summed E-state index contributed by atoms with van der Waals surface area (Å²) in [6.45, 7) is 4.58. The zero-order valence-electron chi connectivity index (χ0n) is 13.7. The van der Waals surface area contributed by atoms with Crippen LogP contribution in [0.15, 0.2) is 48.0 Å². The monoisotopic (exact) mass is 338 g/mol. The third-order valence-electron chi connectivity index (χ3n) is 4.17. The molecule has 4 nitrogen and oxygen atoms in total. The second-order valence-corrected chi connectivity index (χ2v) is 5.87. The minimum Gasteiger partial charge on any atom is -0.285 e. The lowest BCUT2D eigenvalue weighted by Crippen LogP contribution is -2.55. The number of carbonyl (C=O) groups excluding carboxylic acids is 2. The van der Waals surface area contributed by atoms with E-state index in [1.54, 1.807) is 6.08 Å². The molecule has 0 radical (unpaired) electrons. The molecule has 0 unspecified atom stereocenters. The molecule has 0 aliphatic carbocycles. The molecule has 1 heterocycles. The van der Waals surface area contributed by atoms with Gasteiger partial charge in [-0.25, -0.2) is 0 Å². The maximum Gasteiger partial charge on any atom is 0.265 e. The van der Waals surface area contributed by atoms with E-state index >= 15 is 0 Å². The number of fused-ring (bicyclic) bond motifs is 1. The smallest absolute Gasteiger partial charge is 0.265 e. The van der Waals surface area contributed by atoms with Gasteiger partial charge < -0.3 is 0 Å². The maximum atomic E-state index is 12.7. The van der Waals surface area contributed by atoms with Crippen LogP contribution < -0.4 is 0 Å². The summed E-state index contributed by atoms with van der Waals surface area (Å²) < 4.78 is 0. The van der Waals surface area contributed by atoms with Crippen molar-refractivity contribution in [3.05, 3.63) is 53.6 Å². The number of hydrogen-bond donors (Lipinski definition) is 0. The van der Waals surface area contributed by atoms with Crippen molar-refractivity contribution in [2.75, 3.05) is 13.1 Å². The predicted molar refractivity (Wildman–Crippen MR) is 99.3 cm³/mol. The predicted octanol–water partition coefficient (Wildman–Crippen LogP) is 3.22. The second-order valence-electron chi connectivity index (χ2n) is 5.51. The van der Waals surface area contributed by atoms with E-state index in [2.05, 4.69) is 0 Å². The molecule has 2 aromatic carbocycles. The molecule has 1 aliphatic rings. The van der Waals surface area contributed by atoms with Gasteiger partial charge in [0.1, 0.15) is 5.57 Å². The summed E-state index contributed by atoms with van der Waals surface area (Å²) in [5, 5.41) is 2.36. The minimum atomic E-state index is -0.329. The van der Waals surface area contributed by atoms with Gasteiger partial charge in [-0.2, -0.15) is 0 Å². The third-order valence-corrected chi connectivity index (χ3v) is 4.61. The molecule has 1 saturated heterocycles. The molecule has 0 N–H and O–H groups in total. The van der Waals surface area contributed by atoms with Gasteiger partial charge in [0.25, 0.3) is 11.8 Å². The molecule has 0 atom stereocenters. The number of benzene rings is 2. The van der Waals surface area contributed by atoms with Gasteiger partial charge >= 0.3 is 0 Å². The lowest BCUT2D eigenvalue weighted by molar-refractivity contribution is -0.133. The molecule has 24 heavy (non-hydrogen) atoms. The fraction of sp³-hybridized carbons (Fsp3) is 0.211. The lowest BCUT2D eigenvalue weighted by atomic mass is 10.0. The molecular weight excluding hydrogens is 320 g/mol. The van der Waals surface area contributed by atoms with E-state index in [1.165, 1.54) is 9.80 Å². The van der Waals surface area contributed by atoms with Crippen LogP contribution in [0.3, 0.4) is 0 Å². The highest BCUT2D eigenvalue weighted by molar-refractivity contribution is 7.80. The Hall–Kier alpha value is -2.53. The number of hydrogen-bond acceptors (Lipinski definition) is 3. The Morgan fingerprint density at radius 1 is 0.917 bits per heavy atom. The Balaban J connectivity index is 2.14. The van der Waals surface area contributed by atoms with Crippen molar-refractivity contribution in [2.45, 2.75) is 13.8 Å². The first kappa shape index (κ1) is 16.3. The normalized spacial score (nSPS) is 15.4. The zero-order valence-corrected chi connectivity index (χ0v) is 14.5. The van der Waals surface area contributed by atoms with Crippen molar-refractivity contribution in [3.8, 4) is 0 Å². The first-order valence-electron chi connectivity index (χ1n) is 7.95. The molecule has 1 fully saturated rings. The van der Waals surface area contributed by atoms with Crippen molar-refractivity contribution in [1.29, 1.82) is 0 Å². The summed E-state index contributed by atoms with van der Waals surface area (Å²) in [6.07, 6.45) is 1.68. The van der Waals surface area contributed by atoms with Crippen LogP contribution in [0.5, 0.6) is 0 Å². The van der Waals surface area contributed by atoms with Gasteiger partial charge in [0, 0.05) is 13.1 Å². The number of likely N-dealkylation sites (N-methyl/N-ethyl adjacent to an activating group) is 2. The van der Waals surface area contributed by atoms with Gasteiger partial charge in [-0.1, -0.05) is 42.5 Å². The van der Waals surface area contributed by atoms with Gasteiger partial charge in [-0.05, 0) is 48.5 Å². The topological polar surface area (TPSA) is 40.6 Å². The fourth-order valence-electron chi connectivity index (χ4n) is 2.91. The van der Waals surface area contributed by atoms with Gasteiger partial charge in [0.15, 0.2) is 5.11 Å². The van der Waals surface area contributed by atoms with Crippen LogP contribution in [0.25, 0.3) is 16.8 Å². The molecule has 0 aromatic heterocycles. The van der Waals surface area contributed by atoms with Gasteiger partial charge in [-0.15, -0.1) is 0 Å². The number of thiocarbonyl (C=S) groups is 1. The van der Waals surface area contributed by atoms with E-state index < -0.39 is 0 Å². The Morgan fingerprint density at radius 3 is 2.12 bits per heavy atom. The second kappa shape index (κ2) is 6.53. The lowest BCUT2D eigenvalue weighted by Gasteiger charge is -2.35. The van der Waals surface area contributed by atoms with Gasteiger partial charge in [0.2, 0.25) is 0 Å². The summed E-state index contributed by atoms with van der Waals surface area (Å²) in [7, 11) is 0. The molecule has 0 spiro atoms. The van der Waals surface area contributed by atoms with Crippen LogP contribution in [0, 0.1) is 0 Å². The van der Waals surface area contributed by atoms with E-state index in [4.69, 9.17) is 12.2 Å². The van der Waals surface area contributed by atoms with Crippen molar-refractivity contribution < 1.29 is 9.59 Å². The number of rotatable bonds is 3. The Kier molecular flexibility index (Phi) is 4.44. The maximum absolute atomic E-state index is 12.7. The number of carbonyl (C=O) groups is 2.